The molecule has 4 nitrogen and oxygen atoms in total. The Morgan fingerprint density at radius 2 is 1.36 bits per heavy atom. The van der Waals surface area contributed by atoms with Crippen LogP contribution < -0.4 is 0 Å². The van der Waals surface area contributed by atoms with Gasteiger partial charge in [0.05, 0.1) is 11.6 Å². The average Bonchev–Trinajstić information content (AvgIpc) is 3.94. The van der Waals surface area contributed by atoms with E-state index in [1.165, 1.54) is 38.6 Å². The molecule has 0 saturated carbocycles. The molecular formula is C53H46N4PtS. The molecule has 1 aliphatic rings. The van der Waals surface area contributed by atoms with Gasteiger partial charge in [0.15, 0.2) is 0 Å². The molecule has 0 N–H and O–H groups in total. The summed E-state index contributed by atoms with van der Waals surface area (Å²) in [5.41, 5.74) is 13.7. The first-order chi connectivity index (χ1) is 28.1. The summed E-state index contributed by atoms with van der Waals surface area (Å²) in [6, 6.07) is 56.7. The smallest absolute Gasteiger partial charge is 0.352 e. The summed E-state index contributed by atoms with van der Waals surface area (Å²) in [5.74, 6) is 1.39. The maximum atomic E-state index is 5.52. The second kappa shape index (κ2) is 15.4. The number of fused-ring (bicyclic) bond motifs is 6. The molecule has 6 aromatic carbocycles. The molecule has 0 radical (unpaired) electrons. The van der Waals surface area contributed by atoms with Crippen LogP contribution >= 0.6 is 11.8 Å². The van der Waals surface area contributed by atoms with Crippen LogP contribution in [0.1, 0.15) is 79.8 Å². The molecule has 10 rings (SSSR count). The van der Waals surface area contributed by atoms with E-state index in [0.717, 1.165) is 60.7 Å². The number of benzene rings is 6. The molecule has 0 fully saturated rings. The van der Waals surface area contributed by atoms with Gasteiger partial charge in [-0.3, -0.25) is 0 Å². The minimum absolute atomic E-state index is 0. The number of aryl methyl sites for hydroxylation is 1. The first kappa shape index (κ1) is 39.3. The van der Waals surface area contributed by atoms with Gasteiger partial charge in [0, 0.05) is 39.2 Å². The number of rotatable bonds is 7. The summed E-state index contributed by atoms with van der Waals surface area (Å²) < 4.78 is 4.65. The van der Waals surface area contributed by atoms with Crippen LogP contribution in [0.4, 0.5) is 0 Å². The topological polar surface area (TPSA) is 35.1 Å². The summed E-state index contributed by atoms with van der Waals surface area (Å²) in [7, 11) is 0. The van der Waals surface area contributed by atoms with Crippen LogP contribution in [0.25, 0.3) is 55.1 Å². The summed E-state index contributed by atoms with van der Waals surface area (Å²) in [5, 5.41) is 5.78. The van der Waals surface area contributed by atoms with Gasteiger partial charge in [0.25, 0.3) is 0 Å². The van der Waals surface area contributed by atoms with E-state index in [4.69, 9.17) is 9.98 Å². The van der Waals surface area contributed by atoms with Crippen molar-refractivity contribution in [1.29, 1.82) is 0 Å². The standard InChI is InChI=1S/C53H46N4S.Pt/c1-33(2)37-27-38(52-55-46(32-58-52)50(35-14-9-7-10-15-35)36-16-11-8-12-17-36)29-41(28-37)56-47-23-19-34(3)26-44(47)42-22-21-40(31-49(42)56)57-48-24-20-39(53(4,5)6)30-45(48)43-18-13-25-54-51(43)57;/h7-28,30,33,46,50H,32H2,1-6H3;/q-2;+2/t46-;/m0./s1. The van der Waals surface area contributed by atoms with E-state index in [2.05, 4.69) is 190 Å². The molecule has 0 amide bonds. The van der Waals surface area contributed by atoms with Crippen molar-refractivity contribution in [3.8, 4) is 11.4 Å². The van der Waals surface area contributed by atoms with Crippen LogP contribution in [0.3, 0.4) is 0 Å². The first-order valence-electron chi connectivity index (χ1n) is 20.4. The van der Waals surface area contributed by atoms with Crippen molar-refractivity contribution in [2.24, 2.45) is 4.99 Å². The number of hydrogen-bond donors (Lipinski definition) is 0. The van der Waals surface area contributed by atoms with Gasteiger partial charge in [-0.05, 0) is 76.4 Å². The van der Waals surface area contributed by atoms with Gasteiger partial charge in [-0.1, -0.05) is 130 Å². The number of aliphatic imine (C=N–C) groups is 1. The molecule has 0 unspecified atom stereocenters. The summed E-state index contributed by atoms with van der Waals surface area (Å²) in [4.78, 5) is 10.5. The van der Waals surface area contributed by atoms with Crippen LogP contribution in [0.5, 0.6) is 0 Å². The van der Waals surface area contributed by atoms with Crippen LogP contribution in [0.15, 0.2) is 145 Å². The molecule has 0 bridgehead atoms. The van der Waals surface area contributed by atoms with E-state index in [9.17, 15) is 0 Å². The summed E-state index contributed by atoms with van der Waals surface area (Å²) >= 11 is 1.85. The molecule has 1 aliphatic heterocycles. The Balaban J connectivity index is 0.00000449. The predicted molar refractivity (Wildman–Crippen MR) is 246 cm³/mol. The van der Waals surface area contributed by atoms with Gasteiger partial charge in [0.2, 0.25) is 0 Å². The second-order valence-electron chi connectivity index (χ2n) is 17.1. The summed E-state index contributed by atoms with van der Waals surface area (Å²) in [6.45, 7) is 13.5. The van der Waals surface area contributed by atoms with Crippen molar-refractivity contribution < 1.29 is 21.1 Å². The molecule has 294 valence electrons. The first-order valence-corrected chi connectivity index (χ1v) is 21.4. The number of hydrogen-bond acceptors (Lipinski definition) is 3. The van der Waals surface area contributed by atoms with E-state index in [1.807, 2.05) is 24.0 Å². The molecule has 1 atom stereocenters. The predicted octanol–water partition coefficient (Wildman–Crippen LogP) is 13.3. The molecule has 59 heavy (non-hydrogen) atoms. The quantitative estimate of drug-likeness (QED) is 0.149. The van der Waals surface area contributed by atoms with Gasteiger partial charge >= 0.3 is 21.1 Å². The number of nitrogens with zero attached hydrogens (tertiary/aromatic N) is 4. The third-order valence-electron chi connectivity index (χ3n) is 11.8. The molecule has 9 aromatic rings. The van der Waals surface area contributed by atoms with Crippen LogP contribution in [0.2, 0.25) is 0 Å². The van der Waals surface area contributed by atoms with Crippen LogP contribution in [-0.2, 0) is 26.5 Å². The molecular weight excluding hydrogens is 920 g/mol. The van der Waals surface area contributed by atoms with Crippen molar-refractivity contribution >= 4 is 60.5 Å². The maximum absolute atomic E-state index is 5.52. The van der Waals surface area contributed by atoms with E-state index < -0.39 is 0 Å². The SMILES string of the molecule is Cc1ccc2c(c1)c1ccc(-n3c4ccc(C(C)(C)C)cc4c4cccnc43)[c-]c1n2-c1[c-]c(C2=N[C@H](C(c3ccccc3)c3ccccc3)CS2)cc(C(C)C)c1.[Pt+2]. The zero-order valence-corrected chi connectivity index (χ0v) is 37.3. The van der Waals surface area contributed by atoms with E-state index in [1.54, 1.807) is 0 Å². The van der Waals surface area contributed by atoms with Crippen molar-refractivity contribution in [2.45, 2.75) is 64.8 Å². The molecule has 3 aromatic heterocycles. The monoisotopic (exact) mass is 965 g/mol. The molecule has 0 aliphatic carbocycles. The number of pyridine rings is 1. The van der Waals surface area contributed by atoms with Gasteiger partial charge in [-0.15, -0.1) is 46.8 Å². The Morgan fingerprint density at radius 3 is 2.07 bits per heavy atom. The minimum atomic E-state index is 0. The third-order valence-corrected chi connectivity index (χ3v) is 12.9. The van der Waals surface area contributed by atoms with Crippen LogP contribution in [-0.4, -0.2) is 31.0 Å². The van der Waals surface area contributed by atoms with Crippen molar-refractivity contribution in [3.63, 3.8) is 0 Å². The third kappa shape index (κ3) is 6.97. The van der Waals surface area contributed by atoms with Gasteiger partial charge in [-0.2, -0.15) is 17.8 Å². The Kier molecular flexibility index (Phi) is 10.3. The van der Waals surface area contributed by atoms with Gasteiger partial charge < -0.3 is 14.1 Å². The fourth-order valence-electron chi connectivity index (χ4n) is 8.79. The Bertz CT molecular complexity index is 3000. The molecule has 4 heterocycles. The molecule has 0 spiro atoms. The minimum Gasteiger partial charge on any atom is -0.352 e. The van der Waals surface area contributed by atoms with Crippen molar-refractivity contribution in [1.82, 2.24) is 14.1 Å². The van der Waals surface area contributed by atoms with Crippen molar-refractivity contribution in [3.05, 3.63) is 185 Å². The second-order valence-corrected chi connectivity index (χ2v) is 18.1. The maximum Gasteiger partial charge on any atom is 2.00 e. The zero-order chi connectivity index (χ0) is 39.7. The Hall–Kier alpha value is -5.22. The van der Waals surface area contributed by atoms with Gasteiger partial charge in [0.1, 0.15) is 5.65 Å². The molecule has 0 saturated heterocycles. The summed E-state index contributed by atoms with van der Waals surface area (Å²) in [6.07, 6.45) is 1.89. The Morgan fingerprint density at radius 1 is 0.661 bits per heavy atom. The normalized spacial score (nSPS) is 14.6. The van der Waals surface area contributed by atoms with Crippen LogP contribution in [0, 0.1) is 19.1 Å². The van der Waals surface area contributed by atoms with E-state index in [-0.39, 0.29) is 38.4 Å². The Labute approximate surface area is 365 Å². The fraction of sp³-hybridized carbons (Fsp3) is 0.208. The molecule has 6 heteroatoms. The number of thioether (sulfide) groups is 1. The zero-order valence-electron chi connectivity index (χ0n) is 34.2. The average molecular weight is 966 g/mol. The van der Waals surface area contributed by atoms with Gasteiger partial charge in [-0.25, -0.2) is 4.98 Å². The van der Waals surface area contributed by atoms with E-state index in [0.29, 0.717) is 5.92 Å². The number of aromatic nitrogens is 3. The largest absolute Gasteiger partial charge is 2.00 e. The van der Waals surface area contributed by atoms with E-state index >= 15 is 0 Å². The van der Waals surface area contributed by atoms with Crippen molar-refractivity contribution in [2.75, 3.05) is 5.75 Å². The fourth-order valence-corrected chi connectivity index (χ4v) is 9.86.